The van der Waals surface area contributed by atoms with Crippen molar-refractivity contribution in [3.05, 3.63) is 0 Å². The molecule has 200 valence electrons. The summed E-state index contributed by atoms with van der Waals surface area (Å²) in [6.45, 7) is 34.0. The van der Waals surface area contributed by atoms with Gasteiger partial charge in [0.15, 0.2) is 0 Å². The number of rotatable bonds is 14. The molecule has 0 aromatic rings. The molecule has 33 heavy (non-hydrogen) atoms. The predicted molar refractivity (Wildman–Crippen MR) is 151 cm³/mol. The first-order valence-electron chi connectivity index (χ1n) is 13.2. The lowest BCUT2D eigenvalue weighted by atomic mass is 10.5. The first-order chi connectivity index (χ1) is 14.7. The van der Waals surface area contributed by atoms with E-state index in [1.807, 2.05) is 0 Å². The van der Waals surface area contributed by atoms with E-state index >= 15 is 0 Å². The lowest BCUT2D eigenvalue weighted by Gasteiger charge is -2.54. The van der Waals surface area contributed by atoms with Crippen LogP contribution in [0.25, 0.3) is 0 Å². The molecule has 0 fully saturated rings. The molecule has 0 heterocycles. The number of hydrogen-bond donors (Lipinski definition) is 2. The first-order valence-corrected chi connectivity index (χ1v) is 21.2. The van der Waals surface area contributed by atoms with Gasteiger partial charge in [-0.3, -0.25) is 0 Å². The molecular formula is C24H58O5Si4. The highest BCUT2D eigenvalue weighted by Gasteiger charge is 2.62. The first kappa shape index (κ1) is 33.7. The van der Waals surface area contributed by atoms with E-state index < -0.39 is 34.2 Å². The van der Waals surface area contributed by atoms with Crippen LogP contribution in [-0.4, -0.2) is 43.8 Å². The molecule has 0 atom stereocenters. The summed E-state index contributed by atoms with van der Waals surface area (Å²) in [6, 6.07) is 0. The quantitative estimate of drug-likeness (QED) is 0.219. The summed E-state index contributed by atoms with van der Waals surface area (Å²) in [5, 5.41) is 0. The Balaban J connectivity index is 7.02. The molecule has 0 unspecified atom stereocenters. The van der Waals surface area contributed by atoms with E-state index in [0.29, 0.717) is 0 Å². The fourth-order valence-electron chi connectivity index (χ4n) is 4.88. The van der Waals surface area contributed by atoms with Gasteiger partial charge in [-0.1, -0.05) is 111 Å². The molecule has 0 aromatic heterocycles. The van der Waals surface area contributed by atoms with Crippen LogP contribution in [0.1, 0.15) is 111 Å². The molecule has 0 saturated carbocycles. The van der Waals surface area contributed by atoms with Crippen molar-refractivity contribution < 1.29 is 21.9 Å². The van der Waals surface area contributed by atoms with E-state index in [1.54, 1.807) is 0 Å². The minimum atomic E-state index is -3.08. The molecule has 0 aliphatic carbocycles. The second-order valence-electron chi connectivity index (χ2n) is 12.5. The van der Waals surface area contributed by atoms with Crippen molar-refractivity contribution >= 4 is 34.2 Å². The Bertz CT molecular complexity index is 509. The van der Waals surface area contributed by atoms with Gasteiger partial charge in [0.25, 0.3) is 0 Å². The highest BCUT2D eigenvalue weighted by atomic mass is 28.5. The van der Waals surface area contributed by atoms with Gasteiger partial charge in [-0.2, -0.15) is 0 Å². The van der Waals surface area contributed by atoms with E-state index in [4.69, 9.17) is 12.3 Å². The fraction of sp³-hybridized carbons (Fsp3) is 1.00. The van der Waals surface area contributed by atoms with Crippen LogP contribution in [0, 0.1) is 0 Å². The zero-order valence-corrected chi connectivity index (χ0v) is 28.7. The molecule has 2 N–H and O–H groups in total. The van der Waals surface area contributed by atoms with Crippen molar-refractivity contribution in [2.24, 2.45) is 0 Å². The summed E-state index contributed by atoms with van der Waals surface area (Å²) in [6.07, 6.45) is 0. The molecular weight excluding hydrogens is 481 g/mol. The molecule has 0 saturated heterocycles. The van der Waals surface area contributed by atoms with Crippen molar-refractivity contribution in [3.8, 4) is 0 Å². The van der Waals surface area contributed by atoms with Crippen LogP contribution in [0.15, 0.2) is 0 Å². The molecule has 0 aliphatic rings. The van der Waals surface area contributed by atoms with E-state index in [0.717, 1.165) is 0 Å². The van der Waals surface area contributed by atoms with E-state index in [9.17, 15) is 9.59 Å². The van der Waals surface area contributed by atoms with Crippen LogP contribution in [0.4, 0.5) is 0 Å². The lowest BCUT2D eigenvalue weighted by molar-refractivity contribution is 0.214. The molecule has 0 radical (unpaired) electrons. The Morgan fingerprint density at radius 3 is 0.636 bits per heavy atom. The zero-order chi connectivity index (χ0) is 26.7. The average Bonchev–Trinajstić information content (AvgIpc) is 2.64. The van der Waals surface area contributed by atoms with Gasteiger partial charge in [-0.15, -0.1) is 0 Å². The monoisotopic (exact) mass is 538 g/mol. The third kappa shape index (κ3) is 6.91. The van der Waals surface area contributed by atoms with Crippen LogP contribution >= 0.6 is 0 Å². The zero-order valence-electron chi connectivity index (χ0n) is 24.7. The van der Waals surface area contributed by atoms with Crippen molar-refractivity contribution in [2.45, 2.75) is 155 Å². The molecule has 0 aromatic carbocycles. The fourth-order valence-corrected chi connectivity index (χ4v) is 28.7. The number of hydrogen-bond acceptors (Lipinski definition) is 5. The molecule has 0 amide bonds. The Labute approximate surface area is 211 Å². The summed E-state index contributed by atoms with van der Waals surface area (Å²) in [4.78, 5) is 23.8. The molecule has 5 nitrogen and oxygen atoms in total. The summed E-state index contributed by atoms with van der Waals surface area (Å²) >= 11 is 0. The molecule has 0 spiro atoms. The second-order valence-corrected chi connectivity index (χ2v) is 30.1. The largest absolute Gasteiger partial charge is 0.415 e. The Kier molecular flexibility index (Phi) is 12.5. The minimum Gasteiger partial charge on any atom is -0.415 e. The van der Waals surface area contributed by atoms with Gasteiger partial charge in [0.2, 0.25) is 0 Å². The van der Waals surface area contributed by atoms with Gasteiger partial charge >= 0.3 is 34.2 Å². The third-order valence-electron chi connectivity index (χ3n) is 7.49. The van der Waals surface area contributed by atoms with Crippen LogP contribution in [0.3, 0.4) is 0 Å². The predicted octanol–water partition coefficient (Wildman–Crippen LogP) is 8.07. The molecule has 0 bridgehead atoms. The van der Waals surface area contributed by atoms with Crippen LogP contribution < -0.4 is 0 Å². The SMILES string of the molecule is CC(C)[Si](O)(O[Si](O[Si](O[Si](O)(C(C)C)C(C)C)(C(C)C)C(C)C)(C(C)C)C(C)C)C(C)C. The maximum absolute atomic E-state index is 11.9. The Morgan fingerprint density at radius 2 is 0.515 bits per heavy atom. The Hall–Kier alpha value is 0.668. The van der Waals surface area contributed by atoms with Gasteiger partial charge in [0.1, 0.15) is 0 Å². The maximum Gasteiger partial charge on any atom is 0.331 e. The van der Waals surface area contributed by atoms with Crippen molar-refractivity contribution in [1.82, 2.24) is 0 Å². The van der Waals surface area contributed by atoms with Gasteiger partial charge in [0.05, 0.1) is 0 Å². The van der Waals surface area contributed by atoms with Crippen molar-refractivity contribution in [3.63, 3.8) is 0 Å². The van der Waals surface area contributed by atoms with E-state index in [1.165, 1.54) is 0 Å². The summed E-state index contributed by atoms with van der Waals surface area (Å²) < 4.78 is 21.6. The van der Waals surface area contributed by atoms with Crippen molar-refractivity contribution in [2.75, 3.05) is 0 Å². The standard InChI is InChI=1S/C24H58O5Si4/c1-17(2)30(25,18(3)4)27-32(21(9)10,22(11)12)29-33(23(13)14,24(15)16)28-31(26,19(5)6)20(7)8/h17-26H,1-16H3. The highest BCUT2D eigenvalue weighted by molar-refractivity contribution is 6.92. The molecule has 9 heteroatoms. The van der Waals surface area contributed by atoms with Gasteiger partial charge in [-0.25, -0.2) is 0 Å². The van der Waals surface area contributed by atoms with Gasteiger partial charge in [0, 0.05) is 0 Å². The second kappa shape index (κ2) is 12.3. The van der Waals surface area contributed by atoms with Gasteiger partial charge in [-0.05, 0) is 44.3 Å². The summed E-state index contributed by atoms with van der Waals surface area (Å²) in [7, 11) is -12.1. The van der Waals surface area contributed by atoms with E-state index in [-0.39, 0.29) is 44.3 Å². The van der Waals surface area contributed by atoms with E-state index in [2.05, 4.69) is 111 Å². The van der Waals surface area contributed by atoms with Crippen LogP contribution in [0.2, 0.25) is 44.3 Å². The third-order valence-corrected chi connectivity index (χ3v) is 28.3. The topological polar surface area (TPSA) is 68.2 Å². The average molecular weight is 539 g/mol. The molecule has 0 aliphatic heterocycles. The van der Waals surface area contributed by atoms with Gasteiger partial charge < -0.3 is 21.9 Å². The summed E-state index contributed by atoms with van der Waals surface area (Å²) in [5.74, 6) is 0. The van der Waals surface area contributed by atoms with Crippen LogP contribution in [-0.2, 0) is 12.3 Å². The summed E-state index contributed by atoms with van der Waals surface area (Å²) in [5.41, 5.74) is 0.752. The Morgan fingerprint density at radius 1 is 0.333 bits per heavy atom. The molecule has 0 rings (SSSR count). The minimum absolute atomic E-state index is 0.0539. The normalized spacial score (nSPS) is 15.1. The highest BCUT2D eigenvalue weighted by Crippen LogP contribution is 2.49. The van der Waals surface area contributed by atoms with Crippen molar-refractivity contribution in [1.29, 1.82) is 0 Å². The smallest absolute Gasteiger partial charge is 0.331 e. The van der Waals surface area contributed by atoms with Crippen LogP contribution in [0.5, 0.6) is 0 Å². The lowest BCUT2D eigenvalue weighted by Crippen LogP contribution is -2.68. The maximum atomic E-state index is 11.9.